The number of rotatable bonds is 7. The van der Waals surface area contributed by atoms with Crippen LogP contribution in [0.15, 0.2) is 53.6 Å². The van der Waals surface area contributed by atoms with Crippen LogP contribution in [0, 0.1) is 11.2 Å². The van der Waals surface area contributed by atoms with Gasteiger partial charge in [-0.05, 0) is 81.4 Å². The minimum absolute atomic E-state index is 0.0323. The second-order valence-corrected chi connectivity index (χ2v) is 12.2. The summed E-state index contributed by atoms with van der Waals surface area (Å²) in [4.78, 5) is 17.8. The van der Waals surface area contributed by atoms with Gasteiger partial charge in [-0.15, -0.1) is 0 Å². The van der Waals surface area contributed by atoms with Gasteiger partial charge in [0, 0.05) is 25.3 Å². The summed E-state index contributed by atoms with van der Waals surface area (Å²) >= 11 is 0. The summed E-state index contributed by atoms with van der Waals surface area (Å²) in [7, 11) is -2.09. The molecular weight excluding hydrogens is 509 g/mol. The van der Waals surface area contributed by atoms with Crippen LogP contribution in [0.3, 0.4) is 0 Å². The molecule has 6 rings (SSSR count). The normalized spacial score (nSPS) is 23.1. The maximum absolute atomic E-state index is 13.7. The molecule has 9 nitrogen and oxygen atoms in total. The number of hydrogen-bond acceptors (Lipinski definition) is 6. The van der Waals surface area contributed by atoms with Gasteiger partial charge in [0.05, 0.1) is 35.9 Å². The standard InChI is InChI=1S/C27H30FN5O4S/c1-3-37-26(34)27-13-18-15-30-32(21-8-5-20(28)6-9-21)24(18)12-19(27)4-7-23(14-27)33(22-10-11-22)38(35,36)25-16-31(2)17-29-25/h5-6,8-9,12,15-17,22-23H,3-4,7,10-11,13-14H2,1-2H3/t23-,27-/m0/s1. The summed E-state index contributed by atoms with van der Waals surface area (Å²) in [5.74, 6) is -0.657. The van der Waals surface area contributed by atoms with E-state index in [2.05, 4.69) is 10.1 Å². The molecule has 0 aliphatic heterocycles. The third kappa shape index (κ3) is 4.08. The number of aromatic nitrogens is 4. The minimum atomic E-state index is -3.83. The zero-order valence-corrected chi connectivity index (χ0v) is 22.2. The average molecular weight is 540 g/mol. The van der Waals surface area contributed by atoms with E-state index in [0.717, 1.165) is 35.4 Å². The summed E-state index contributed by atoms with van der Waals surface area (Å²) in [6.45, 7) is 2.01. The monoisotopic (exact) mass is 539 g/mol. The molecule has 2 saturated carbocycles. The van der Waals surface area contributed by atoms with E-state index in [-0.39, 0.29) is 35.5 Å². The van der Waals surface area contributed by atoms with Crippen LogP contribution in [0.2, 0.25) is 0 Å². The second kappa shape index (κ2) is 9.16. The number of benzene rings is 1. The Morgan fingerprint density at radius 2 is 1.97 bits per heavy atom. The molecule has 0 saturated heterocycles. The van der Waals surface area contributed by atoms with E-state index in [9.17, 15) is 17.6 Å². The smallest absolute Gasteiger partial charge is 0.316 e. The van der Waals surface area contributed by atoms with Gasteiger partial charge in [0.15, 0.2) is 5.03 Å². The van der Waals surface area contributed by atoms with E-state index in [4.69, 9.17) is 4.74 Å². The molecule has 2 heterocycles. The van der Waals surface area contributed by atoms with Gasteiger partial charge < -0.3 is 9.30 Å². The van der Waals surface area contributed by atoms with Crippen molar-refractivity contribution in [1.82, 2.24) is 23.6 Å². The van der Waals surface area contributed by atoms with Gasteiger partial charge >= 0.3 is 5.97 Å². The first-order chi connectivity index (χ1) is 18.2. The Morgan fingerprint density at radius 1 is 1.21 bits per heavy atom. The van der Waals surface area contributed by atoms with Crippen molar-refractivity contribution in [1.29, 1.82) is 0 Å². The first-order valence-corrected chi connectivity index (χ1v) is 14.4. The Kier molecular flexibility index (Phi) is 6.03. The number of carbonyl (C=O) groups excluding carboxylic acids is 1. The molecule has 0 amide bonds. The number of halogens is 1. The number of esters is 1. The van der Waals surface area contributed by atoms with Crippen LogP contribution in [-0.2, 0) is 33.0 Å². The number of hydrogen-bond donors (Lipinski definition) is 0. The number of nitrogens with zero attached hydrogens (tertiary/aromatic N) is 5. The number of carbonyl (C=O) groups is 1. The molecule has 1 aromatic carbocycles. The molecule has 200 valence electrons. The van der Waals surface area contributed by atoms with E-state index in [1.54, 1.807) is 45.9 Å². The second-order valence-electron chi connectivity index (χ2n) is 10.4. The molecule has 0 unspecified atom stereocenters. The van der Waals surface area contributed by atoms with Crippen LogP contribution in [0.1, 0.15) is 50.3 Å². The fourth-order valence-electron chi connectivity index (χ4n) is 5.98. The Labute approximate surface area is 221 Å². The number of aryl methyl sites for hydroxylation is 1. The number of sulfonamides is 1. The number of ether oxygens (including phenoxy) is 1. The maximum atomic E-state index is 13.7. The summed E-state index contributed by atoms with van der Waals surface area (Å²) in [6, 6.07) is 5.67. The molecule has 3 aliphatic carbocycles. The number of imidazole rings is 1. The molecule has 11 heteroatoms. The summed E-state index contributed by atoms with van der Waals surface area (Å²) in [5.41, 5.74) is 2.40. The predicted octanol–water partition coefficient (Wildman–Crippen LogP) is 3.64. The van der Waals surface area contributed by atoms with E-state index in [1.165, 1.54) is 24.7 Å². The first kappa shape index (κ1) is 25.0. The molecule has 38 heavy (non-hydrogen) atoms. The van der Waals surface area contributed by atoms with Crippen molar-refractivity contribution < 1.29 is 22.3 Å². The summed E-state index contributed by atoms with van der Waals surface area (Å²) in [5, 5.41) is 4.58. The molecule has 3 aliphatic rings. The quantitative estimate of drug-likeness (QED) is 0.425. The van der Waals surface area contributed by atoms with Crippen molar-refractivity contribution in [3.63, 3.8) is 0 Å². The largest absolute Gasteiger partial charge is 0.465 e. The molecule has 2 aromatic heterocycles. The van der Waals surface area contributed by atoms with Gasteiger partial charge in [-0.1, -0.05) is 5.57 Å². The van der Waals surface area contributed by atoms with Crippen molar-refractivity contribution in [3.05, 3.63) is 65.6 Å². The van der Waals surface area contributed by atoms with Crippen LogP contribution in [0.4, 0.5) is 4.39 Å². The lowest BCUT2D eigenvalue weighted by molar-refractivity contribution is -0.155. The Balaban J connectivity index is 1.39. The van der Waals surface area contributed by atoms with Crippen molar-refractivity contribution >= 4 is 22.1 Å². The van der Waals surface area contributed by atoms with Crippen LogP contribution in [0.5, 0.6) is 0 Å². The Hall–Kier alpha value is -3.31. The fourth-order valence-corrected chi connectivity index (χ4v) is 7.85. The fraction of sp³-hybridized carbons (Fsp3) is 0.444. The van der Waals surface area contributed by atoms with Crippen molar-refractivity contribution in [2.24, 2.45) is 12.5 Å². The van der Waals surface area contributed by atoms with Gasteiger partial charge in [0.2, 0.25) is 0 Å². The molecule has 3 aromatic rings. The van der Waals surface area contributed by atoms with E-state index in [1.807, 2.05) is 6.08 Å². The highest BCUT2D eigenvalue weighted by atomic mass is 32.2. The highest BCUT2D eigenvalue weighted by Crippen LogP contribution is 2.51. The van der Waals surface area contributed by atoms with Gasteiger partial charge in [-0.3, -0.25) is 4.79 Å². The van der Waals surface area contributed by atoms with Gasteiger partial charge in [0.25, 0.3) is 10.0 Å². The topological polar surface area (TPSA) is 99.3 Å². The first-order valence-electron chi connectivity index (χ1n) is 13.0. The third-order valence-corrected chi connectivity index (χ3v) is 9.75. The molecular formula is C27H30FN5O4S. The Bertz CT molecular complexity index is 1520. The van der Waals surface area contributed by atoms with Crippen LogP contribution in [0.25, 0.3) is 11.8 Å². The van der Waals surface area contributed by atoms with Crippen molar-refractivity contribution in [3.8, 4) is 5.69 Å². The van der Waals surface area contributed by atoms with E-state index >= 15 is 0 Å². The minimum Gasteiger partial charge on any atom is -0.465 e. The highest BCUT2D eigenvalue weighted by Gasteiger charge is 2.54. The SMILES string of the molecule is CCOC(=O)[C@]12Cc3cnn(-c4ccc(F)cc4)c3C=C1CC[C@H](N(C1CC1)S(=O)(=O)c1cn(C)cn1)C2. The highest BCUT2D eigenvalue weighted by molar-refractivity contribution is 7.89. The maximum Gasteiger partial charge on any atom is 0.316 e. The van der Waals surface area contributed by atoms with Crippen LogP contribution >= 0.6 is 0 Å². The lowest BCUT2D eigenvalue weighted by Gasteiger charge is -2.45. The molecule has 0 bridgehead atoms. The summed E-state index contributed by atoms with van der Waals surface area (Å²) < 4.78 is 51.6. The molecule has 0 N–H and O–H groups in total. The van der Waals surface area contributed by atoms with Crippen LogP contribution < -0.4 is 0 Å². The lowest BCUT2D eigenvalue weighted by atomic mass is 9.63. The van der Waals surface area contributed by atoms with Crippen molar-refractivity contribution in [2.75, 3.05) is 6.61 Å². The number of fused-ring (bicyclic) bond motifs is 2. The van der Waals surface area contributed by atoms with E-state index < -0.39 is 15.4 Å². The van der Waals surface area contributed by atoms with E-state index in [0.29, 0.717) is 25.7 Å². The zero-order valence-electron chi connectivity index (χ0n) is 21.4. The molecule has 2 atom stereocenters. The molecule has 0 spiro atoms. The Morgan fingerprint density at radius 3 is 2.63 bits per heavy atom. The lowest BCUT2D eigenvalue weighted by Crippen LogP contribution is -2.51. The van der Waals surface area contributed by atoms with Gasteiger partial charge in [-0.25, -0.2) is 22.5 Å². The molecule has 2 fully saturated rings. The van der Waals surface area contributed by atoms with Crippen LogP contribution in [-0.4, -0.2) is 56.7 Å². The molecule has 0 radical (unpaired) electrons. The predicted molar refractivity (Wildman–Crippen MR) is 137 cm³/mol. The zero-order chi connectivity index (χ0) is 26.7. The third-order valence-electron chi connectivity index (χ3n) is 7.86. The summed E-state index contributed by atoms with van der Waals surface area (Å²) in [6.07, 6.45) is 10.2. The van der Waals surface area contributed by atoms with Crippen molar-refractivity contribution in [2.45, 2.75) is 62.6 Å². The van der Waals surface area contributed by atoms with Gasteiger partial charge in [0.1, 0.15) is 5.82 Å². The average Bonchev–Trinajstić information content (AvgIpc) is 3.47. The van der Waals surface area contributed by atoms with Gasteiger partial charge in [-0.2, -0.15) is 9.40 Å².